The van der Waals surface area contributed by atoms with Crippen molar-refractivity contribution in [2.75, 3.05) is 0 Å². The monoisotopic (exact) mass is 705 g/mol. The summed E-state index contributed by atoms with van der Waals surface area (Å²) < 4.78 is 4.65. The van der Waals surface area contributed by atoms with Gasteiger partial charge in [0.2, 0.25) is 5.95 Å². The van der Waals surface area contributed by atoms with Crippen LogP contribution < -0.4 is 0 Å². The van der Waals surface area contributed by atoms with E-state index in [1.54, 1.807) is 0 Å². The highest BCUT2D eigenvalue weighted by Gasteiger charge is 2.22. The minimum absolute atomic E-state index is 0.604. The molecule has 0 bridgehead atoms. The van der Waals surface area contributed by atoms with E-state index in [2.05, 4.69) is 138 Å². The molecule has 5 aromatic heterocycles. The van der Waals surface area contributed by atoms with E-state index in [9.17, 15) is 0 Å². The van der Waals surface area contributed by atoms with Crippen molar-refractivity contribution in [3.05, 3.63) is 164 Å². The number of hydrogen-bond donors (Lipinski definition) is 0. The highest BCUT2D eigenvalue weighted by atomic mass is 32.1. The van der Waals surface area contributed by atoms with Crippen molar-refractivity contribution in [3.63, 3.8) is 0 Å². The van der Waals surface area contributed by atoms with Gasteiger partial charge in [0.15, 0.2) is 0 Å². The summed E-state index contributed by atoms with van der Waals surface area (Å²) in [5.41, 5.74) is 8.67. The van der Waals surface area contributed by atoms with Crippen LogP contribution in [0.5, 0.6) is 0 Å². The van der Waals surface area contributed by atoms with Crippen molar-refractivity contribution >= 4 is 96.8 Å². The minimum atomic E-state index is 0.604. The van der Waals surface area contributed by atoms with Gasteiger partial charge in [-0.1, -0.05) is 121 Å². The Kier molecular flexibility index (Phi) is 6.15. The Balaban J connectivity index is 1.19. The van der Waals surface area contributed by atoms with Crippen molar-refractivity contribution in [2.24, 2.45) is 0 Å². The second-order valence-corrected chi connectivity index (χ2v) is 14.8. The number of aromatic nitrogens is 5. The van der Waals surface area contributed by atoms with Crippen molar-refractivity contribution in [3.8, 4) is 28.5 Å². The molecule has 0 atom stereocenters. The molecule has 12 aromatic rings. The molecule has 0 aliphatic rings. The fraction of sp³-hybridized carbons (Fsp3) is 0. The zero-order valence-electron chi connectivity index (χ0n) is 28.7. The summed E-state index contributed by atoms with van der Waals surface area (Å²) in [6, 6.07) is 55.6. The molecule has 5 nitrogen and oxygen atoms in total. The number of fused-ring (bicyclic) bond motifs is 14. The van der Waals surface area contributed by atoms with Crippen LogP contribution in [0.15, 0.2) is 164 Å². The predicted molar refractivity (Wildman–Crippen MR) is 226 cm³/mol. The average molecular weight is 706 g/mol. The third kappa shape index (κ3) is 4.14. The molecule has 250 valence electrons. The highest BCUT2D eigenvalue weighted by Crippen LogP contribution is 2.47. The molecule has 0 spiro atoms. The van der Waals surface area contributed by atoms with Crippen molar-refractivity contribution < 1.29 is 0 Å². The molecule has 0 saturated carbocycles. The molecule has 0 aliphatic heterocycles. The summed E-state index contributed by atoms with van der Waals surface area (Å²) >= 11 is 1.83. The summed E-state index contributed by atoms with van der Waals surface area (Å²) in [6.07, 6.45) is 1.86. The van der Waals surface area contributed by atoms with E-state index in [-0.39, 0.29) is 0 Å². The molecule has 0 fully saturated rings. The second kappa shape index (κ2) is 11.2. The first-order valence-corrected chi connectivity index (χ1v) is 18.9. The van der Waals surface area contributed by atoms with Gasteiger partial charge < -0.3 is 0 Å². The first kappa shape index (κ1) is 29.5. The molecular formula is C48H27N5S. The van der Waals surface area contributed by atoms with Gasteiger partial charge in [-0.25, -0.2) is 15.0 Å². The summed E-state index contributed by atoms with van der Waals surface area (Å²) in [4.78, 5) is 21.0. The van der Waals surface area contributed by atoms with Crippen LogP contribution >= 0.6 is 11.3 Å². The summed E-state index contributed by atoms with van der Waals surface area (Å²) in [5, 5.41) is 10.6. The summed E-state index contributed by atoms with van der Waals surface area (Å²) in [6.45, 7) is 0. The van der Waals surface area contributed by atoms with E-state index < -0.39 is 0 Å². The van der Waals surface area contributed by atoms with Crippen LogP contribution in [0.2, 0.25) is 0 Å². The van der Waals surface area contributed by atoms with Gasteiger partial charge in [-0.3, -0.25) is 9.55 Å². The van der Waals surface area contributed by atoms with Gasteiger partial charge in [0.05, 0.1) is 43.7 Å². The number of nitrogens with zero attached hydrogens (tertiary/aromatic N) is 5. The Hall–Kier alpha value is -7.02. The maximum absolute atomic E-state index is 5.66. The van der Waals surface area contributed by atoms with Gasteiger partial charge in [0.1, 0.15) is 0 Å². The number of para-hydroxylation sites is 1. The lowest BCUT2D eigenvalue weighted by molar-refractivity contribution is 1.01. The van der Waals surface area contributed by atoms with Crippen molar-refractivity contribution in [1.29, 1.82) is 0 Å². The normalized spacial score (nSPS) is 12.1. The standard InChI is InChI=1S/C48H27N5S/c1-2-13-28(14-3-1)43-34-19-8-10-21-37(34)50-48(52-43)53-38-22-12-26-49-45(38)35-25-24-29(27-39(35)53)44-33-18-7-6-17-32(33)41-30-15-4-5-16-31(30)42-36-20-9-11-23-40(36)54-47(42)46(41)51-44/h1-27H. The molecule has 0 amide bonds. The maximum Gasteiger partial charge on any atom is 0.235 e. The number of pyridine rings is 2. The molecule has 54 heavy (non-hydrogen) atoms. The molecule has 0 N–H and O–H groups in total. The van der Waals surface area contributed by atoms with Crippen LogP contribution in [0.25, 0.3) is 114 Å². The Morgan fingerprint density at radius 3 is 1.93 bits per heavy atom. The molecule has 0 saturated heterocycles. The van der Waals surface area contributed by atoms with Gasteiger partial charge in [-0.05, 0) is 52.6 Å². The molecule has 7 aromatic carbocycles. The van der Waals surface area contributed by atoms with Crippen LogP contribution in [0.3, 0.4) is 0 Å². The fourth-order valence-corrected chi connectivity index (χ4v) is 9.71. The van der Waals surface area contributed by atoms with Gasteiger partial charge in [0.25, 0.3) is 0 Å². The SMILES string of the molecule is c1ccc(-c2nc(-n3c4cc(-c5nc6c7sc8ccccc8c7c7ccccc7c6c6ccccc56)ccc4c4ncccc43)nc3ccccc23)cc1. The Labute approximate surface area is 312 Å². The summed E-state index contributed by atoms with van der Waals surface area (Å²) in [5.74, 6) is 0.604. The Morgan fingerprint density at radius 1 is 0.426 bits per heavy atom. The quantitative estimate of drug-likeness (QED) is 0.172. The van der Waals surface area contributed by atoms with Crippen LogP contribution in [0.4, 0.5) is 0 Å². The molecule has 6 heteroatoms. The van der Waals surface area contributed by atoms with E-state index in [4.69, 9.17) is 19.9 Å². The number of benzene rings is 7. The van der Waals surface area contributed by atoms with E-state index in [1.807, 2.05) is 41.8 Å². The van der Waals surface area contributed by atoms with Crippen molar-refractivity contribution in [2.45, 2.75) is 0 Å². The van der Waals surface area contributed by atoms with E-state index in [0.717, 1.165) is 66.3 Å². The lowest BCUT2D eigenvalue weighted by atomic mass is 9.94. The van der Waals surface area contributed by atoms with Gasteiger partial charge in [-0.15, -0.1) is 11.3 Å². The number of hydrogen-bond acceptors (Lipinski definition) is 5. The average Bonchev–Trinajstić information content (AvgIpc) is 3.80. The smallest absolute Gasteiger partial charge is 0.235 e. The minimum Gasteiger partial charge on any atom is -0.276 e. The van der Waals surface area contributed by atoms with Crippen molar-refractivity contribution in [1.82, 2.24) is 24.5 Å². The first-order chi connectivity index (χ1) is 26.8. The maximum atomic E-state index is 5.66. The largest absolute Gasteiger partial charge is 0.276 e. The van der Waals surface area contributed by atoms with Crippen LogP contribution in [0.1, 0.15) is 0 Å². The lowest BCUT2D eigenvalue weighted by Crippen LogP contribution is -2.03. The molecule has 0 unspecified atom stereocenters. The third-order valence-corrected chi connectivity index (χ3v) is 12.0. The van der Waals surface area contributed by atoms with Crippen LogP contribution in [0, 0.1) is 0 Å². The van der Waals surface area contributed by atoms with Crippen LogP contribution in [-0.2, 0) is 0 Å². The summed E-state index contributed by atoms with van der Waals surface area (Å²) in [7, 11) is 0. The van der Waals surface area contributed by atoms with Gasteiger partial charge >= 0.3 is 0 Å². The fourth-order valence-electron chi connectivity index (χ4n) is 8.49. The topological polar surface area (TPSA) is 56.5 Å². The van der Waals surface area contributed by atoms with E-state index in [0.29, 0.717) is 5.95 Å². The Bertz CT molecular complexity index is 3510. The van der Waals surface area contributed by atoms with Gasteiger partial charge in [-0.2, -0.15) is 0 Å². The predicted octanol–water partition coefficient (Wildman–Crippen LogP) is 12.7. The number of rotatable bonds is 3. The molecule has 12 rings (SSSR count). The third-order valence-electron chi connectivity index (χ3n) is 10.8. The molecular weight excluding hydrogens is 679 g/mol. The first-order valence-electron chi connectivity index (χ1n) is 18.1. The Morgan fingerprint density at radius 2 is 1.09 bits per heavy atom. The lowest BCUT2D eigenvalue weighted by Gasteiger charge is -2.14. The number of thiophene rings is 1. The van der Waals surface area contributed by atoms with E-state index >= 15 is 0 Å². The molecule has 0 aliphatic carbocycles. The van der Waals surface area contributed by atoms with Crippen LogP contribution in [-0.4, -0.2) is 24.5 Å². The molecule has 0 radical (unpaired) electrons. The van der Waals surface area contributed by atoms with E-state index in [1.165, 1.54) is 41.7 Å². The van der Waals surface area contributed by atoms with Gasteiger partial charge in [0, 0.05) is 54.3 Å². The zero-order chi connectivity index (χ0) is 35.3. The zero-order valence-corrected chi connectivity index (χ0v) is 29.5. The second-order valence-electron chi connectivity index (χ2n) is 13.8. The molecule has 5 heterocycles. The highest BCUT2D eigenvalue weighted by molar-refractivity contribution is 7.27.